The summed E-state index contributed by atoms with van der Waals surface area (Å²) in [6.45, 7) is 3.46. The average molecular weight is 741 g/mol. The summed E-state index contributed by atoms with van der Waals surface area (Å²) >= 11 is 0. The molecule has 0 radical (unpaired) electrons. The molecule has 1 aliphatic carbocycles. The van der Waals surface area contributed by atoms with Crippen molar-refractivity contribution in [2.24, 2.45) is 11.3 Å². The third-order valence-corrected chi connectivity index (χ3v) is 10.8. The Hall–Kier alpha value is -4.25. The summed E-state index contributed by atoms with van der Waals surface area (Å²) in [4.78, 5) is 33.8. The molecule has 2 saturated heterocycles. The zero-order chi connectivity index (χ0) is 36.9. The van der Waals surface area contributed by atoms with Gasteiger partial charge in [-0.1, -0.05) is 44.2 Å². The molecular formula is C34H37F5N4O7S. The van der Waals surface area contributed by atoms with Crippen molar-refractivity contribution in [2.75, 3.05) is 26.9 Å². The lowest BCUT2D eigenvalue weighted by Gasteiger charge is -2.33. The predicted molar refractivity (Wildman–Crippen MR) is 173 cm³/mol. The van der Waals surface area contributed by atoms with Gasteiger partial charge >= 0.3 is 21.7 Å². The van der Waals surface area contributed by atoms with Gasteiger partial charge in [0.25, 0.3) is 5.92 Å². The Kier molecular flexibility index (Phi) is 9.59. The Balaban J connectivity index is 1.27. The number of carbonyl (C=O) groups is 2. The third kappa shape index (κ3) is 7.27. The number of imidazole rings is 1. The van der Waals surface area contributed by atoms with Crippen LogP contribution in [0.3, 0.4) is 0 Å². The van der Waals surface area contributed by atoms with E-state index < -0.39 is 64.5 Å². The first-order valence-electron chi connectivity index (χ1n) is 16.3. The second-order valence-corrected chi connectivity index (χ2v) is 15.2. The van der Waals surface area contributed by atoms with Gasteiger partial charge in [0.2, 0.25) is 5.91 Å². The average Bonchev–Trinajstić information content (AvgIpc) is 3.78. The third-order valence-electron chi connectivity index (χ3n) is 9.88. The van der Waals surface area contributed by atoms with E-state index in [9.17, 15) is 40.0 Å². The van der Waals surface area contributed by atoms with Crippen molar-refractivity contribution < 1.29 is 53.6 Å². The van der Waals surface area contributed by atoms with E-state index in [0.717, 1.165) is 12.0 Å². The lowest BCUT2D eigenvalue weighted by molar-refractivity contribution is -0.136. The fraction of sp³-hybridized carbons (Fsp3) is 0.500. The largest absolute Gasteiger partial charge is 0.534 e. The molecule has 2 aromatic carbocycles. The lowest BCUT2D eigenvalue weighted by Crippen LogP contribution is -2.51. The molecule has 3 aliphatic rings. The number of alkyl carbamates (subject to hydrolysis) is 1. The minimum atomic E-state index is -5.88. The number of nitrogens with one attached hydrogen (secondary N) is 2. The molecule has 0 unspecified atom stereocenters. The van der Waals surface area contributed by atoms with Gasteiger partial charge in [-0.15, -0.1) is 0 Å². The monoisotopic (exact) mass is 740 g/mol. The second-order valence-electron chi connectivity index (χ2n) is 13.7. The number of rotatable bonds is 8. The van der Waals surface area contributed by atoms with E-state index in [1.807, 2.05) is 0 Å². The van der Waals surface area contributed by atoms with Crippen LogP contribution in [0.15, 0.2) is 42.6 Å². The second kappa shape index (κ2) is 13.4. The molecule has 2 aliphatic heterocycles. The van der Waals surface area contributed by atoms with E-state index in [2.05, 4.69) is 24.2 Å². The topological polar surface area (TPSA) is 140 Å². The molecule has 0 saturated carbocycles. The number of H-pyrrole nitrogens is 1. The van der Waals surface area contributed by atoms with Gasteiger partial charge in [0.1, 0.15) is 17.6 Å². The van der Waals surface area contributed by atoms with Crippen molar-refractivity contribution in [3.63, 3.8) is 0 Å². The maximum Gasteiger partial charge on any atom is 0.534 e. The standard InChI is InChI=1S/C34H37F5N4O7S/c1-19(2)28(42-31(45)48-3)30(44)43-18-33(35,36)16-26(43)29-40-17-25(41-29)21-6-4-20(5-7-21)22-8-9-27(50-51(46,47)34(37,38)39)24-15-32(14-23(22)24)10-12-49-13-11-32/h4-9,17,19,26,28H,10-16,18H2,1-3H3,(H,40,41)(H,42,45)/t26-,28-/m0/s1. The van der Waals surface area contributed by atoms with Crippen LogP contribution in [0.25, 0.3) is 22.4 Å². The van der Waals surface area contributed by atoms with Crippen LogP contribution >= 0.6 is 0 Å². The normalized spacial score (nSPS) is 20.3. The summed E-state index contributed by atoms with van der Waals surface area (Å²) in [5.74, 6) is -4.51. The number of methoxy groups -OCH3 is 1. The van der Waals surface area contributed by atoms with Gasteiger partial charge in [0.15, 0.2) is 0 Å². The number of halogens is 5. The zero-order valence-electron chi connectivity index (χ0n) is 28.0. The van der Waals surface area contributed by atoms with Gasteiger partial charge in [0.05, 0.1) is 25.4 Å². The molecule has 1 spiro atoms. The predicted octanol–water partition coefficient (Wildman–Crippen LogP) is 6.16. The fourth-order valence-electron chi connectivity index (χ4n) is 7.20. The van der Waals surface area contributed by atoms with Crippen LogP contribution in [-0.2, 0) is 37.2 Å². The number of ether oxygens (including phenoxy) is 2. The van der Waals surface area contributed by atoms with E-state index >= 15 is 0 Å². The van der Waals surface area contributed by atoms with Crippen molar-refractivity contribution in [1.29, 1.82) is 0 Å². The number of aromatic nitrogens is 2. The fourth-order valence-corrected chi connectivity index (χ4v) is 7.69. The van der Waals surface area contributed by atoms with Gasteiger partial charge < -0.3 is 28.9 Å². The Labute approximate surface area is 291 Å². The number of nitrogens with zero attached hydrogens (tertiary/aromatic N) is 2. The number of hydrogen-bond acceptors (Lipinski definition) is 8. The highest BCUT2D eigenvalue weighted by Gasteiger charge is 2.51. The number of fused-ring (bicyclic) bond motifs is 1. The van der Waals surface area contributed by atoms with Crippen LogP contribution in [0.2, 0.25) is 0 Å². The van der Waals surface area contributed by atoms with Gasteiger partial charge in [-0.3, -0.25) is 4.79 Å². The summed E-state index contributed by atoms with van der Waals surface area (Å²) in [5, 5.41) is 2.43. The number of likely N-dealkylation sites (tertiary alicyclic amines) is 1. The molecular weight excluding hydrogens is 703 g/mol. The molecule has 2 fully saturated rings. The summed E-state index contributed by atoms with van der Waals surface area (Å²) in [7, 11) is -4.74. The van der Waals surface area contributed by atoms with Crippen molar-refractivity contribution in [3.05, 3.63) is 59.5 Å². The molecule has 276 valence electrons. The van der Waals surface area contributed by atoms with Crippen molar-refractivity contribution >= 4 is 22.1 Å². The molecule has 51 heavy (non-hydrogen) atoms. The van der Waals surface area contributed by atoms with Gasteiger partial charge in [-0.25, -0.2) is 18.6 Å². The number of carbonyl (C=O) groups excluding carboxylic acids is 2. The van der Waals surface area contributed by atoms with E-state index in [1.54, 1.807) is 44.2 Å². The summed E-state index contributed by atoms with van der Waals surface area (Å²) in [6, 6.07) is 7.67. The van der Waals surface area contributed by atoms with E-state index in [0.29, 0.717) is 72.4 Å². The van der Waals surface area contributed by atoms with E-state index in [1.165, 1.54) is 12.3 Å². The van der Waals surface area contributed by atoms with Crippen LogP contribution in [0.5, 0.6) is 5.75 Å². The van der Waals surface area contributed by atoms with Crippen LogP contribution in [0, 0.1) is 11.3 Å². The summed E-state index contributed by atoms with van der Waals surface area (Å²) in [5.41, 5.74) is -2.32. The van der Waals surface area contributed by atoms with Crippen molar-refractivity contribution in [2.45, 2.75) is 69.5 Å². The first kappa shape index (κ1) is 36.5. The molecule has 1 aromatic heterocycles. The first-order valence-corrected chi connectivity index (χ1v) is 17.8. The quantitative estimate of drug-likeness (QED) is 0.159. The smallest absolute Gasteiger partial charge is 0.453 e. The van der Waals surface area contributed by atoms with Crippen LogP contribution < -0.4 is 9.50 Å². The minimum absolute atomic E-state index is 0.143. The van der Waals surface area contributed by atoms with Crippen molar-refractivity contribution in [3.8, 4) is 28.1 Å². The molecule has 0 bridgehead atoms. The van der Waals surface area contributed by atoms with Crippen LogP contribution in [0.1, 0.15) is 56.1 Å². The number of benzene rings is 2. The Morgan fingerprint density at radius 3 is 2.31 bits per heavy atom. The van der Waals surface area contributed by atoms with Crippen LogP contribution in [-0.4, -0.2) is 79.6 Å². The molecule has 6 rings (SSSR count). The summed E-state index contributed by atoms with van der Waals surface area (Å²) in [6.07, 6.45) is 2.16. The molecule has 2 amide bonds. The molecule has 3 heterocycles. The van der Waals surface area contributed by atoms with Crippen LogP contribution in [0.4, 0.5) is 26.7 Å². The highest BCUT2D eigenvalue weighted by molar-refractivity contribution is 7.88. The number of hydrogen-bond donors (Lipinski definition) is 2. The van der Waals surface area contributed by atoms with Crippen molar-refractivity contribution in [1.82, 2.24) is 20.2 Å². The molecule has 2 atom stereocenters. The highest BCUT2D eigenvalue weighted by atomic mass is 32.2. The van der Waals surface area contributed by atoms with Gasteiger partial charge in [0, 0.05) is 37.0 Å². The number of amides is 2. The first-order chi connectivity index (χ1) is 23.9. The maximum atomic E-state index is 14.7. The zero-order valence-corrected chi connectivity index (χ0v) is 28.8. The minimum Gasteiger partial charge on any atom is -0.453 e. The number of alkyl halides is 5. The Morgan fingerprint density at radius 2 is 1.69 bits per heavy atom. The number of aromatic amines is 1. The molecule has 3 aromatic rings. The SMILES string of the molecule is COC(=O)N[C@H](C(=O)N1CC(F)(F)C[C@H]1c1nc(-c2ccc(-c3ccc(OS(=O)(=O)C(F)(F)F)c4c3CC3(CCOCC3)C4)cc2)c[nH]1)C(C)C. The highest BCUT2D eigenvalue weighted by Crippen LogP contribution is 2.51. The van der Waals surface area contributed by atoms with E-state index in [4.69, 9.17) is 4.74 Å². The molecule has 17 heteroatoms. The Bertz CT molecular complexity index is 1910. The van der Waals surface area contributed by atoms with Gasteiger partial charge in [-0.2, -0.15) is 21.6 Å². The summed E-state index contributed by atoms with van der Waals surface area (Å²) < 4.78 is 108. The maximum absolute atomic E-state index is 14.7. The van der Waals surface area contributed by atoms with Gasteiger partial charge in [-0.05, 0) is 59.8 Å². The molecule has 2 N–H and O–H groups in total. The molecule has 11 nitrogen and oxygen atoms in total. The van der Waals surface area contributed by atoms with E-state index in [-0.39, 0.29) is 17.0 Å². The lowest BCUT2D eigenvalue weighted by atomic mass is 9.77. The Morgan fingerprint density at radius 1 is 1.04 bits per heavy atom.